The van der Waals surface area contributed by atoms with Gasteiger partial charge < -0.3 is 9.84 Å². The normalized spacial score (nSPS) is 11.8. The number of rotatable bonds is 3. The SMILES string of the molecule is C=CC(=C)C(=O)OC(C)O. The molecule has 3 heteroatoms. The standard InChI is InChI=1S/C7H10O3/c1-4-5(2)7(9)10-6(3)8/h4,6,8H,1-2H2,3H3. The second-order valence-corrected chi connectivity index (χ2v) is 1.73. The molecule has 0 aromatic rings. The Hall–Kier alpha value is -1.09. The topological polar surface area (TPSA) is 46.5 Å². The van der Waals surface area contributed by atoms with Gasteiger partial charge in [-0.25, -0.2) is 4.79 Å². The fourth-order valence-electron chi connectivity index (χ4n) is 0.314. The summed E-state index contributed by atoms with van der Waals surface area (Å²) in [6, 6.07) is 0. The van der Waals surface area contributed by atoms with E-state index in [0.29, 0.717) is 0 Å². The van der Waals surface area contributed by atoms with Gasteiger partial charge in [0.05, 0.1) is 5.57 Å². The Balaban J connectivity index is 3.85. The largest absolute Gasteiger partial charge is 0.433 e. The van der Waals surface area contributed by atoms with Gasteiger partial charge >= 0.3 is 5.97 Å². The Labute approximate surface area is 59.6 Å². The number of esters is 1. The molecule has 0 saturated carbocycles. The van der Waals surface area contributed by atoms with Crippen LogP contribution in [-0.4, -0.2) is 17.4 Å². The first-order chi connectivity index (χ1) is 4.57. The molecule has 0 bridgehead atoms. The highest BCUT2D eigenvalue weighted by atomic mass is 16.6. The van der Waals surface area contributed by atoms with Gasteiger partial charge in [-0.05, 0) is 6.92 Å². The van der Waals surface area contributed by atoms with Crippen molar-refractivity contribution in [2.75, 3.05) is 0 Å². The quantitative estimate of drug-likeness (QED) is 0.272. The zero-order valence-corrected chi connectivity index (χ0v) is 5.83. The van der Waals surface area contributed by atoms with Crippen LogP contribution in [0.5, 0.6) is 0 Å². The number of aliphatic hydroxyl groups is 1. The van der Waals surface area contributed by atoms with Gasteiger partial charge in [-0.2, -0.15) is 0 Å². The van der Waals surface area contributed by atoms with Crippen molar-refractivity contribution in [3.63, 3.8) is 0 Å². The summed E-state index contributed by atoms with van der Waals surface area (Å²) >= 11 is 0. The van der Waals surface area contributed by atoms with Crippen LogP contribution < -0.4 is 0 Å². The summed E-state index contributed by atoms with van der Waals surface area (Å²) in [5, 5.41) is 8.55. The highest BCUT2D eigenvalue weighted by Crippen LogP contribution is 1.96. The van der Waals surface area contributed by atoms with E-state index in [1.54, 1.807) is 0 Å². The van der Waals surface area contributed by atoms with Crippen LogP contribution in [0.25, 0.3) is 0 Å². The van der Waals surface area contributed by atoms with E-state index in [4.69, 9.17) is 5.11 Å². The van der Waals surface area contributed by atoms with Gasteiger partial charge in [0, 0.05) is 0 Å². The summed E-state index contributed by atoms with van der Waals surface area (Å²) in [6.45, 7) is 7.97. The van der Waals surface area contributed by atoms with Crippen LogP contribution in [-0.2, 0) is 9.53 Å². The molecular formula is C7H10O3. The van der Waals surface area contributed by atoms with Crippen LogP contribution in [0.2, 0.25) is 0 Å². The molecule has 3 nitrogen and oxygen atoms in total. The van der Waals surface area contributed by atoms with Crippen molar-refractivity contribution in [1.82, 2.24) is 0 Å². The maximum Gasteiger partial charge on any atom is 0.339 e. The second kappa shape index (κ2) is 3.85. The zero-order chi connectivity index (χ0) is 8.15. The molecule has 56 valence electrons. The van der Waals surface area contributed by atoms with Crippen molar-refractivity contribution >= 4 is 5.97 Å². The minimum atomic E-state index is -1.09. The molecule has 0 rings (SSSR count). The first-order valence-corrected chi connectivity index (χ1v) is 2.78. The van der Waals surface area contributed by atoms with Crippen LogP contribution in [0.3, 0.4) is 0 Å². The van der Waals surface area contributed by atoms with E-state index >= 15 is 0 Å². The third-order valence-corrected chi connectivity index (χ3v) is 0.786. The van der Waals surface area contributed by atoms with Crippen molar-refractivity contribution in [2.45, 2.75) is 13.2 Å². The van der Waals surface area contributed by atoms with Crippen molar-refractivity contribution in [3.05, 3.63) is 24.8 Å². The number of hydrogen-bond donors (Lipinski definition) is 1. The summed E-state index contributed by atoms with van der Waals surface area (Å²) in [7, 11) is 0. The summed E-state index contributed by atoms with van der Waals surface area (Å²) in [6.07, 6.45) is 0.175. The third kappa shape index (κ3) is 3.04. The molecule has 0 heterocycles. The molecule has 0 aromatic heterocycles. The highest BCUT2D eigenvalue weighted by Gasteiger charge is 2.06. The van der Waals surface area contributed by atoms with E-state index in [0.717, 1.165) is 0 Å². The Bertz CT molecular complexity index is 158. The molecule has 1 unspecified atom stereocenters. The third-order valence-electron chi connectivity index (χ3n) is 0.786. The van der Waals surface area contributed by atoms with E-state index in [2.05, 4.69) is 17.9 Å². The lowest BCUT2D eigenvalue weighted by Gasteiger charge is -2.05. The molecule has 0 radical (unpaired) electrons. The Kier molecular flexibility index (Phi) is 3.43. The minimum absolute atomic E-state index is 0.140. The molecule has 1 atom stereocenters. The molecule has 0 spiro atoms. The van der Waals surface area contributed by atoms with Gasteiger partial charge in [-0.3, -0.25) is 0 Å². The van der Waals surface area contributed by atoms with Crippen LogP contribution in [0.15, 0.2) is 24.8 Å². The number of aliphatic hydroxyl groups excluding tert-OH is 1. The van der Waals surface area contributed by atoms with Crippen molar-refractivity contribution in [3.8, 4) is 0 Å². The lowest BCUT2D eigenvalue weighted by molar-refractivity contribution is -0.159. The Morgan fingerprint density at radius 1 is 1.80 bits per heavy atom. The lowest BCUT2D eigenvalue weighted by Crippen LogP contribution is -2.14. The summed E-state index contributed by atoms with van der Waals surface area (Å²) in [5.74, 6) is -0.648. The van der Waals surface area contributed by atoms with E-state index in [1.807, 2.05) is 0 Å². The monoisotopic (exact) mass is 142 g/mol. The lowest BCUT2D eigenvalue weighted by atomic mass is 10.3. The Morgan fingerprint density at radius 3 is 2.60 bits per heavy atom. The minimum Gasteiger partial charge on any atom is -0.433 e. The predicted molar refractivity (Wildman–Crippen MR) is 37.1 cm³/mol. The summed E-state index contributed by atoms with van der Waals surface area (Å²) in [4.78, 5) is 10.6. The van der Waals surface area contributed by atoms with E-state index in [1.165, 1.54) is 13.0 Å². The van der Waals surface area contributed by atoms with Crippen molar-refractivity contribution in [2.24, 2.45) is 0 Å². The average molecular weight is 142 g/mol. The van der Waals surface area contributed by atoms with Crippen LogP contribution in [0.1, 0.15) is 6.92 Å². The maximum absolute atomic E-state index is 10.6. The molecule has 0 saturated heterocycles. The number of carbonyl (C=O) groups is 1. The predicted octanol–water partition coefficient (Wildman–Crippen LogP) is 0.610. The fraction of sp³-hybridized carbons (Fsp3) is 0.286. The van der Waals surface area contributed by atoms with E-state index in [-0.39, 0.29) is 5.57 Å². The van der Waals surface area contributed by atoms with Crippen LogP contribution in [0, 0.1) is 0 Å². The van der Waals surface area contributed by atoms with Gasteiger partial charge in [0.25, 0.3) is 0 Å². The molecule has 0 aliphatic heterocycles. The van der Waals surface area contributed by atoms with Gasteiger partial charge in [-0.15, -0.1) is 0 Å². The van der Waals surface area contributed by atoms with Gasteiger partial charge in [0.2, 0.25) is 0 Å². The van der Waals surface area contributed by atoms with Crippen LogP contribution in [0.4, 0.5) is 0 Å². The Morgan fingerprint density at radius 2 is 2.30 bits per heavy atom. The number of hydrogen-bond acceptors (Lipinski definition) is 3. The molecule has 0 aromatic carbocycles. The van der Waals surface area contributed by atoms with E-state index in [9.17, 15) is 4.79 Å². The smallest absolute Gasteiger partial charge is 0.339 e. The van der Waals surface area contributed by atoms with Crippen molar-refractivity contribution < 1.29 is 14.6 Å². The molecule has 0 fully saturated rings. The average Bonchev–Trinajstić information content (AvgIpc) is 1.85. The molecule has 1 N–H and O–H groups in total. The van der Waals surface area contributed by atoms with Crippen LogP contribution >= 0.6 is 0 Å². The van der Waals surface area contributed by atoms with Gasteiger partial charge in [-0.1, -0.05) is 19.2 Å². The van der Waals surface area contributed by atoms with Crippen molar-refractivity contribution in [1.29, 1.82) is 0 Å². The molecule has 0 amide bonds. The summed E-state index contributed by atoms with van der Waals surface area (Å²) in [5.41, 5.74) is 0.140. The van der Waals surface area contributed by atoms with E-state index < -0.39 is 12.3 Å². The number of ether oxygens (including phenoxy) is 1. The maximum atomic E-state index is 10.6. The first kappa shape index (κ1) is 8.91. The number of carbonyl (C=O) groups excluding carboxylic acids is 1. The molecule has 0 aliphatic rings. The zero-order valence-electron chi connectivity index (χ0n) is 5.83. The second-order valence-electron chi connectivity index (χ2n) is 1.73. The highest BCUT2D eigenvalue weighted by molar-refractivity contribution is 5.90. The molecular weight excluding hydrogens is 132 g/mol. The summed E-state index contributed by atoms with van der Waals surface area (Å²) < 4.78 is 4.35. The van der Waals surface area contributed by atoms with Gasteiger partial charge in [0.1, 0.15) is 0 Å². The molecule has 0 aliphatic carbocycles. The molecule has 10 heavy (non-hydrogen) atoms. The van der Waals surface area contributed by atoms with Gasteiger partial charge in [0.15, 0.2) is 6.29 Å². The first-order valence-electron chi connectivity index (χ1n) is 2.78. The fourth-order valence-corrected chi connectivity index (χ4v) is 0.314.